The fraction of sp³-hybridized carbons (Fsp3) is 0.0435. The van der Waals surface area contributed by atoms with Gasteiger partial charge in [0.1, 0.15) is 22.6 Å². The number of carboxylic acid groups (broad SMARTS) is 2. The summed E-state index contributed by atoms with van der Waals surface area (Å²) >= 11 is 6.72. The maximum Gasteiger partial charge on any atom is 0.339 e. The molecule has 0 bridgehead atoms. The van der Waals surface area contributed by atoms with Gasteiger partial charge in [-0.15, -0.1) is 0 Å². The fourth-order valence-electron chi connectivity index (χ4n) is 3.74. The van der Waals surface area contributed by atoms with Gasteiger partial charge in [-0.3, -0.25) is 0 Å². The second kappa shape index (κ2) is 7.86. The number of carbonyl (C=O) groups is 2. The lowest BCUT2D eigenvalue weighted by Gasteiger charge is -2.16. The van der Waals surface area contributed by atoms with E-state index >= 15 is 0 Å². The molecule has 0 radical (unpaired) electrons. The van der Waals surface area contributed by atoms with Gasteiger partial charge in [0, 0.05) is 26.5 Å². The Hall–Kier alpha value is -3.10. The molecule has 0 saturated carbocycles. The molecule has 0 heterocycles. The first-order chi connectivity index (χ1) is 14.7. The van der Waals surface area contributed by atoms with Gasteiger partial charge in [0.25, 0.3) is 0 Å². The summed E-state index contributed by atoms with van der Waals surface area (Å²) in [5, 5.41) is 43.0. The molecular weight excluding hydrogens is 532 g/mol. The molecule has 4 aromatic carbocycles. The van der Waals surface area contributed by atoms with E-state index in [4.69, 9.17) is 0 Å². The molecule has 6 nitrogen and oxygen atoms in total. The van der Waals surface area contributed by atoms with Crippen LogP contribution in [0.2, 0.25) is 0 Å². The lowest BCUT2D eigenvalue weighted by molar-refractivity contribution is 0.0682. The summed E-state index contributed by atoms with van der Waals surface area (Å²) in [6.07, 6.45) is -0.0732. The summed E-state index contributed by atoms with van der Waals surface area (Å²) < 4.78 is 1.47. The SMILES string of the molecule is O=C(O)c1cc2cc(Br)ccc2c(Cc2c(O)c(C(=O)O)cc3cc(Br)ccc23)c1O. The van der Waals surface area contributed by atoms with Crippen LogP contribution in [0.25, 0.3) is 21.5 Å². The molecule has 0 aliphatic carbocycles. The zero-order chi connectivity index (χ0) is 22.4. The summed E-state index contributed by atoms with van der Waals surface area (Å²) in [5.74, 6) is -3.43. The van der Waals surface area contributed by atoms with E-state index in [-0.39, 0.29) is 28.7 Å². The van der Waals surface area contributed by atoms with Crippen LogP contribution in [0.4, 0.5) is 0 Å². The predicted molar refractivity (Wildman–Crippen MR) is 123 cm³/mol. The number of aromatic carboxylic acids is 2. The van der Waals surface area contributed by atoms with Gasteiger partial charge in [0.05, 0.1) is 0 Å². The number of fused-ring (bicyclic) bond motifs is 2. The van der Waals surface area contributed by atoms with Gasteiger partial charge in [-0.05, 0) is 57.9 Å². The van der Waals surface area contributed by atoms with Crippen molar-refractivity contribution in [1.82, 2.24) is 0 Å². The summed E-state index contributed by atoms with van der Waals surface area (Å²) in [5.41, 5.74) is 0.0111. The van der Waals surface area contributed by atoms with Gasteiger partial charge in [-0.2, -0.15) is 0 Å². The van der Waals surface area contributed by atoms with Crippen LogP contribution in [0.5, 0.6) is 11.5 Å². The molecule has 0 aliphatic heterocycles. The Bertz CT molecular complexity index is 1300. The lowest BCUT2D eigenvalue weighted by Crippen LogP contribution is -2.04. The Morgan fingerprint density at radius 1 is 0.677 bits per heavy atom. The molecule has 0 aliphatic rings. The first-order valence-electron chi connectivity index (χ1n) is 9.02. The standard InChI is InChI=1S/C23H14Br2O6/c24-12-1-3-14-10(5-12)7-18(22(28)29)20(26)16(14)9-17-15-4-2-13(25)6-11(15)8-19(21(17)27)23(30)31/h1-8,26-27H,9H2,(H,28,29)(H,30,31). The maximum atomic E-state index is 11.7. The third-order valence-corrected chi connectivity index (χ3v) is 6.16. The van der Waals surface area contributed by atoms with Crippen molar-refractivity contribution in [2.75, 3.05) is 0 Å². The Kier molecular flexibility index (Phi) is 5.36. The summed E-state index contributed by atoms with van der Waals surface area (Å²) in [4.78, 5) is 23.4. The highest BCUT2D eigenvalue weighted by Crippen LogP contribution is 2.39. The average molecular weight is 546 g/mol. The molecule has 4 N–H and O–H groups in total. The highest BCUT2D eigenvalue weighted by Gasteiger charge is 2.23. The summed E-state index contributed by atoms with van der Waals surface area (Å²) in [6, 6.07) is 13.2. The molecule has 0 amide bonds. The molecule has 4 aromatic rings. The molecule has 4 rings (SSSR count). The smallest absolute Gasteiger partial charge is 0.339 e. The van der Waals surface area contributed by atoms with Crippen LogP contribution in [0, 0.1) is 0 Å². The molecule has 0 atom stereocenters. The molecule has 0 spiro atoms. The summed E-state index contributed by atoms with van der Waals surface area (Å²) in [7, 11) is 0. The van der Waals surface area contributed by atoms with Crippen molar-refractivity contribution in [3.63, 3.8) is 0 Å². The highest BCUT2D eigenvalue weighted by atomic mass is 79.9. The first-order valence-corrected chi connectivity index (χ1v) is 10.6. The Balaban J connectivity index is 2.06. The van der Waals surface area contributed by atoms with Crippen molar-refractivity contribution >= 4 is 65.3 Å². The van der Waals surface area contributed by atoms with Crippen LogP contribution >= 0.6 is 31.9 Å². The van der Waals surface area contributed by atoms with Crippen LogP contribution in [0.15, 0.2) is 57.5 Å². The van der Waals surface area contributed by atoms with Gasteiger partial charge >= 0.3 is 11.9 Å². The van der Waals surface area contributed by atoms with Gasteiger partial charge in [-0.1, -0.05) is 44.0 Å². The Morgan fingerprint density at radius 2 is 1.06 bits per heavy atom. The van der Waals surface area contributed by atoms with Crippen molar-refractivity contribution in [2.45, 2.75) is 6.42 Å². The molecular formula is C23H14Br2O6. The number of benzene rings is 4. The minimum Gasteiger partial charge on any atom is -0.507 e. The van der Waals surface area contributed by atoms with Gasteiger partial charge in [0.15, 0.2) is 0 Å². The molecule has 0 aromatic heterocycles. The third-order valence-electron chi connectivity index (χ3n) is 5.17. The van der Waals surface area contributed by atoms with E-state index in [0.717, 1.165) is 8.95 Å². The van der Waals surface area contributed by atoms with E-state index in [0.29, 0.717) is 21.5 Å². The number of hydrogen-bond donors (Lipinski definition) is 4. The van der Waals surface area contributed by atoms with Gasteiger partial charge < -0.3 is 20.4 Å². The van der Waals surface area contributed by atoms with E-state index in [2.05, 4.69) is 31.9 Å². The number of phenols is 2. The molecule has 156 valence electrons. The third kappa shape index (κ3) is 3.73. The second-order valence-electron chi connectivity index (χ2n) is 7.02. The van der Waals surface area contributed by atoms with Gasteiger partial charge in [0.2, 0.25) is 0 Å². The number of aromatic hydroxyl groups is 2. The van der Waals surface area contributed by atoms with E-state index in [1.165, 1.54) is 12.1 Å². The van der Waals surface area contributed by atoms with E-state index in [9.17, 15) is 30.0 Å². The van der Waals surface area contributed by atoms with E-state index in [1.54, 1.807) is 36.4 Å². The van der Waals surface area contributed by atoms with Crippen molar-refractivity contribution in [3.05, 3.63) is 79.7 Å². The zero-order valence-corrected chi connectivity index (χ0v) is 18.9. The van der Waals surface area contributed by atoms with Crippen LogP contribution in [-0.4, -0.2) is 32.4 Å². The monoisotopic (exact) mass is 544 g/mol. The minimum absolute atomic E-state index is 0.0732. The number of hydrogen-bond acceptors (Lipinski definition) is 4. The average Bonchev–Trinajstić information content (AvgIpc) is 2.70. The largest absolute Gasteiger partial charge is 0.507 e. The maximum absolute atomic E-state index is 11.7. The Labute approximate surface area is 192 Å². The van der Waals surface area contributed by atoms with E-state index < -0.39 is 23.4 Å². The van der Waals surface area contributed by atoms with Crippen molar-refractivity contribution in [1.29, 1.82) is 0 Å². The fourth-order valence-corrected chi connectivity index (χ4v) is 4.50. The topological polar surface area (TPSA) is 115 Å². The van der Waals surface area contributed by atoms with Crippen LogP contribution < -0.4 is 0 Å². The normalized spacial score (nSPS) is 11.2. The Morgan fingerprint density at radius 3 is 1.42 bits per heavy atom. The second-order valence-corrected chi connectivity index (χ2v) is 8.85. The highest BCUT2D eigenvalue weighted by molar-refractivity contribution is 9.10. The van der Waals surface area contributed by atoms with Crippen LogP contribution in [-0.2, 0) is 6.42 Å². The molecule has 0 unspecified atom stereocenters. The van der Waals surface area contributed by atoms with Crippen molar-refractivity contribution in [3.8, 4) is 11.5 Å². The zero-order valence-electron chi connectivity index (χ0n) is 15.7. The van der Waals surface area contributed by atoms with Crippen molar-refractivity contribution < 1.29 is 30.0 Å². The molecule has 0 fully saturated rings. The number of halogens is 2. The minimum atomic E-state index is -1.29. The van der Waals surface area contributed by atoms with Crippen molar-refractivity contribution in [2.24, 2.45) is 0 Å². The summed E-state index contributed by atoms with van der Waals surface area (Å²) in [6.45, 7) is 0. The van der Waals surface area contributed by atoms with Crippen LogP contribution in [0.1, 0.15) is 31.8 Å². The lowest BCUT2D eigenvalue weighted by atomic mass is 9.90. The molecule has 31 heavy (non-hydrogen) atoms. The quantitative estimate of drug-likeness (QED) is 0.253. The van der Waals surface area contributed by atoms with E-state index in [1.807, 2.05) is 0 Å². The molecule has 0 saturated heterocycles. The predicted octanol–water partition coefficient (Wildman–Crippen LogP) is 5.92. The van der Waals surface area contributed by atoms with Crippen LogP contribution in [0.3, 0.4) is 0 Å². The van der Waals surface area contributed by atoms with Gasteiger partial charge in [-0.25, -0.2) is 9.59 Å². The molecule has 8 heteroatoms. The first kappa shape index (κ1) is 21.1. The number of rotatable bonds is 4. The number of carboxylic acids is 2.